The lowest BCUT2D eigenvalue weighted by atomic mass is 9.94. The molecule has 3 rings (SSSR count). The highest BCUT2D eigenvalue weighted by Crippen LogP contribution is 2.28. The van der Waals surface area contributed by atoms with Gasteiger partial charge in [-0.1, -0.05) is 76.3 Å². The van der Waals surface area contributed by atoms with Crippen LogP contribution in [0.15, 0.2) is 108 Å². The van der Waals surface area contributed by atoms with Gasteiger partial charge in [-0.3, -0.25) is 0 Å². The zero-order chi connectivity index (χ0) is 33.8. The molecule has 0 fully saturated rings. The Kier molecular flexibility index (Phi) is 13.5. The minimum absolute atomic E-state index is 0.0439. The summed E-state index contributed by atoms with van der Waals surface area (Å²) in [5, 5.41) is 14.3. The lowest BCUT2D eigenvalue weighted by Gasteiger charge is -2.24. The third-order valence-electron chi connectivity index (χ3n) is 8.82. The molecule has 0 spiro atoms. The highest BCUT2D eigenvalue weighted by molar-refractivity contribution is 5.94. The van der Waals surface area contributed by atoms with Crippen LogP contribution in [0.2, 0.25) is 0 Å². The van der Waals surface area contributed by atoms with Crippen LogP contribution in [-0.4, -0.2) is 43.0 Å². The highest BCUT2D eigenvalue weighted by Gasteiger charge is 2.19. The van der Waals surface area contributed by atoms with E-state index in [0.717, 1.165) is 113 Å². The van der Waals surface area contributed by atoms with Gasteiger partial charge >= 0.3 is 0 Å². The van der Waals surface area contributed by atoms with E-state index in [2.05, 4.69) is 117 Å². The standard InChI is InChI=1S/C40H56N6/c1-12-14-24-39(31(7)41-10)46-32(8)36-22-17-23-37(40(36)33(46)9)42-25-18-20-30(6)45(11)26-38-34(13-2)35(28(3)4)21-16-15-19-29(5)43-27-44-38/h12,17,21-23,27,39,41-42H,1,3,5-9,13-16,18-20,24-26H2,2,4,10-11H3,(H,43,44)/b35-21-,38-34?. The monoisotopic (exact) mass is 620 g/mol. The van der Waals surface area contributed by atoms with Crippen LogP contribution in [0.5, 0.6) is 0 Å². The topological polar surface area (TPSA) is 56.6 Å². The van der Waals surface area contributed by atoms with E-state index in [-0.39, 0.29) is 6.04 Å². The zero-order valence-electron chi connectivity index (χ0n) is 28.9. The molecule has 1 aromatic carbocycles. The molecule has 246 valence electrons. The average molecular weight is 621 g/mol. The van der Waals surface area contributed by atoms with E-state index in [1.807, 2.05) is 13.1 Å². The van der Waals surface area contributed by atoms with Crippen molar-refractivity contribution in [1.82, 2.24) is 20.1 Å². The van der Waals surface area contributed by atoms with Gasteiger partial charge in [0.2, 0.25) is 0 Å². The Morgan fingerprint density at radius 3 is 2.61 bits per heavy atom. The number of benzene rings is 1. The van der Waals surface area contributed by atoms with Gasteiger partial charge in [0.1, 0.15) is 0 Å². The Bertz CT molecular complexity index is 1650. The van der Waals surface area contributed by atoms with Crippen molar-refractivity contribution in [2.45, 2.75) is 71.3 Å². The van der Waals surface area contributed by atoms with Gasteiger partial charge in [-0.15, -0.1) is 6.58 Å². The summed E-state index contributed by atoms with van der Waals surface area (Å²) in [5.74, 6) is 0. The van der Waals surface area contributed by atoms with Gasteiger partial charge in [0.25, 0.3) is 0 Å². The normalized spacial score (nSPS) is 15.7. The number of likely N-dealkylation sites (N-methyl/N-ethyl adjacent to an activating group) is 2. The lowest BCUT2D eigenvalue weighted by Crippen LogP contribution is -2.33. The number of nitrogens with one attached hydrogen (secondary N) is 3. The van der Waals surface area contributed by atoms with Crippen molar-refractivity contribution >= 4 is 36.0 Å². The third-order valence-corrected chi connectivity index (χ3v) is 8.82. The average Bonchev–Trinajstić information content (AvgIpc) is 3.27. The van der Waals surface area contributed by atoms with Gasteiger partial charge in [0.05, 0.1) is 24.6 Å². The first kappa shape index (κ1) is 36.0. The van der Waals surface area contributed by atoms with Crippen LogP contribution in [0.3, 0.4) is 0 Å². The van der Waals surface area contributed by atoms with Gasteiger partial charge in [-0.2, -0.15) is 0 Å². The molecular weight excluding hydrogens is 564 g/mol. The van der Waals surface area contributed by atoms with E-state index in [1.165, 1.54) is 11.1 Å². The smallest absolute Gasteiger partial charge is 0.0924 e. The number of fused-ring (bicyclic) bond motifs is 1. The van der Waals surface area contributed by atoms with Gasteiger partial charge in [0, 0.05) is 64.9 Å². The van der Waals surface area contributed by atoms with Gasteiger partial charge in [-0.25, -0.2) is 4.99 Å². The van der Waals surface area contributed by atoms with Crippen LogP contribution in [0, 0.1) is 0 Å². The molecule has 0 amide bonds. The Morgan fingerprint density at radius 1 is 1.17 bits per heavy atom. The number of anilines is 1. The van der Waals surface area contributed by atoms with E-state index in [0.29, 0.717) is 6.54 Å². The SMILES string of the molecule is C=CCCC(C(=C)NC)n1c(=C)c2cccc(NCCCC(=C)N(C)CC3=C(CC)/C(C(=C)C)=C\CCCC(=C)NC=N3)c2c1=C. The molecular formula is C40H56N6. The van der Waals surface area contributed by atoms with Crippen LogP contribution in [-0.2, 0) is 0 Å². The first-order valence-corrected chi connectivity index (χ1v) is 16.5. The summed E-state index contributed by atoms with van der Waals surface area (Å²) >= 11 is 0. The molecule has 1 aromatic heterocycles. The predicted molar refractivity (Wildman–Crippen MR) is 203 cm³/mol. The second kappa shape index (κ2) is 17.3. The number of hydrogen-bond donors (Lipinski definition) is 3. The Morgan fingerprint density at radius 2 is 1.93 bits per heavy atom. The number of nitrogens with zero attached hydrogens (tertiary/aromatic N) is 3. The van der Waals surface area contributed by atoms with Crippen LogP contribution in [0.4, 0.5) is 5.69 Å². The fourth-order valence-corrected chi connectivity index (χ4v) is 6.14. The Balaban J connectivity index is 1.74. The molecule has 0 saturated carbocycles. The molecule has 1 aliphatic heterocycles. The van der Waals surface area contributed by atoms with Crippen LogP contribution >= 0.6 is 0 Å². The maximum atomic E-state index is 4.89. The highest BCUT2D eigenvalue weighted by atomic mass is 15.1. The fraction of sp³-hybridized carbons (Fsp3) is 0.375. The Labute approximate surface area is 277 Å². The molecule has 1 unspecified atom stereocenters. The van der Waals surface area contributed by atoms with E-state index < -0.39 is 0 Å². The molecule has 2 heterocycles. The van der Waals surface area contributed by atoms with E-state index >= 15 is 0 Å². The largest absolute Gasteiger partial charge is 0.390 e. The van der Waals surface area contributed by atoms with E-state index in [4.69, 9.17) is 4.99 Å². The molecule has 1 aliphatic rings. The number of rotatable bonds is 16. The lowest BCUT2D eigenvalue weighted by molar-refractivity contribution is 0.430. The quantitative estimate of drug-likeness (QED) is 0.132. The number of aromatic nitrogens is 1. The van der Waals surface area contributed by atoms with Crippen LogP contribution in [0.1, 0.15) is 71.3 Å². The molecule has 6 nitrogen and oxygen atoms in total. The fourth-order valence-electron chi connectivity index (χ4n) is 6.14. The minimum Gasteiger partial charge on any atom is -0.390 e. The second-order valence-corrected chi connectivity index (χ2v) is 12.2. The Hall–Kier alpha value is -4.45. The van der Waals surface area contributed by atoms with Crippen molar-refractivity contribution < 1.29 is 0 Å². The third kappa shape index (κ3) is 8.84. The van der Waals surface area contributed by atoms with Crippen molar-refractivity contribution in [3.05, 3.63) is 113 Å². The predicted octanol–water partition coefficient (Wildman–Crippen LogP) is 7.82. The van der Waals surface area contributed by atoms with Crippen molar-refractivity contribution in [2.24, 2.45) is 4.99 Å². The summed E-state index contributed by atoms with van der Waals surface area (Å²) in [6.45, 7) is 35.8. The van der Waals surface area contributed by atoms with Crippen molar-refractivity contribution in [2.75, 3.05) is 32.5 Å². The summed E-state index contributed by atoms with van der Waals surface area (Å²) in [6, 6.07) is 6.38. The number of aliphatic imine (C=N–C) groups is 1. The summed E-state index contributed by atoms with van der Waals surface area (Å²) in [5.41, 5.74) is 8.62. The molecule has 3 N–H and O–H groups in total. The first-order valence-electron chi connectivity index (χ1n) is 16.5. The van der Waals surface area contributed by atoms with E-state index in [9.17, 15) is 0 Å². The zero-order valence-corrected chi connectivity index (χ0v) is 28.9. The van der Waals surface area contributed by atoms with E-state index in [1.54, 1.807) is 6.34 Å². The molecule has 2 aromatic rings. The van der Waals surface area contributed by atoms with Crippen LogP contribution in [0.25, 0.3) is 23.9 Å². The summed E-state index contributed by atoms with van der Waals surface area (Å²) in [6.07, 6.45) is 13.4. The summed E-state index contributed by atoms with van der Waals surface area (Å²) in [4.78, 5) is 7.11. The summed E-state index contributed by atoms with van der Waals surface area (Å²) < 4.78 is 2.22. The molecule has 0 aliphatic carbocycles. The number of allylic oxidation sites excluding steroid dienone is 8. The number of hydrogen-bond acceptors (Lipinski definition) is 5. The van der Waals surface area contributed by atoms with Gasteiger partial charge in [0.15, 0.2) is 0 Å². The molecule has 6 heteroatoms. The van der Waals surface area contributed by atoms with Gasteiger partial charge < -0.3 is 25.4 Å². The second-order valence-electron chi connectivity index (χ2n) is 12.2. The molecule has 1 atom stereocenters. The molecule has 46 heavy (non-hydrogen) atoms. The van der Waals surface area contributed by atoms with Crippen molar-refractivity contribution in [3.63, 3.8) is 0 Å². The van der Waals surface area contributed by atoms with Gasteiger partial charge in [-0.05, 0) is 75.5 Å². The van der Waals surface area contributed by atoms with Crippen LogP contribution < -0.4 is 26.6 Å². The first-order chi connectivity index (χ1) is 22.0. The van der Waals surface area contributed by atoms with Crippen molar-refractivity contribution in [3.8, 4) is 0 Å². The van der Waals surface area contributed by atoms with Crippen molar-refractivity contribution in [1.29, 1.82) is 0 Å². The minimum atomic E-state index is 0.0439. The molecule has 0 bridgehead atoms. The maximum absolute atomic E-state index is 4.89. The molecule has 0 saturated heterocycles. The summed E-state index contributed by atoms with van der Waals surface area (Å²) in [7, 11) is 4.01. The maximum Gasteiger partial charge on any atom is 0.0924 e. The molecule has 0 radical (unpaired) electrons.